The van der Waals surface area contributed by atoms with Gasteiger partial charge in [0.2, 0.25) is 5.71 Å². The molecule has 0 spiro atoms. The lowest BCUT2D eigenvalue weighted by Gasteiger charge is -2.20. The zero-order valence-corrected chi connectivity index (χ0v) is 19.2. The van der Waals surface area contributed by atoms with Crippen molar-refractivity contribution in [3.05, 3.63) is 76.1 Å². The van der Waals surface area contributed by atoms with E-state index in [4.69, 9.17) is 9.15 Å². The van der Waals surface area contributed by atoms with Crippen LogP contribution in [0.2, 0.25) is 0 Å². The third-order valence-electron chi connectivity index (χ3n) is 4.78. The second kappa shape index (κ2) is 7.93. The quantitative estimate of drug-likeness (QED) is 0.287. The number of hydrogen-bond acceptors (Lipinski definition) is 4. The summed E-state index contributed by atoms with van der Waals surface area (Å²) in [4.78, 5) is 17.0. The highest BCUT2D eigenvalue weighted by Crippen LogP contribution is 2.39. The summed E-state index contributed by atoms with van der Waals surface area (Å²) in [5.41, 5.74) is 3.87. The topological polar surface area (TPSA) is 52.3 Å². The van der Waals surface area contributed by atoms with Crippen molar-refractivity contribution in [3.63, 3.8) is 0 Å². The predicted molar refractivity (Wildman–Crippen MR) is 122 cm³/mol. The van der Waals surface area contributed by atoms with Gasteiger partial charge in [0, 0.05) is 17.3 Å². The minimum Gasteiger partial charge on any atom is -0.456 e. The van der Waals surface area contributed by atoms with Crippen LogP contribution < -0.4 is 0 Å². The molecule has 0 unspecified atom stereocenters. The number of esters is 1. The molecule has 31 heavy (non-hydrogen) atoms. The van der Waals surface area contributed by atoms with Gasteiger partial charge in [0.15, 0.2) is 5.76 Å². The Labute approximate surface area is 188 Å². The lowest BCUT2D eigenvalue weighted by atomic mass is 9.98. The fourth-order valence-electron chi connectivity index (χ4n) is 3.29. The molecule has 0 aliphatic carbocycles. The van der Waals surface area contributed by atoms with Gasteiger partial charge in [-0.2, -0.15) is 0 Å². The fourth-order valence-corrected chi connectivity index (χ4v) is 3.88. The van der Waals surface area contributed by atoms with Crippen molar-refractivity contribution in [2.24, 2.45) is 0 Å². The van der Waals surface area contributed by atoms with Crippen LogP contribution in [0.15, 0.2) is 63.6 Å². The molecule has 0 N–H and O–H groups in total. The van der Waals surface area contributed by atoms with Crippen molar-refractivity contribution in [1.82, 2.24) is 4.98 Å². The summed E-state index contributed by atoms with van der Waals surface area (Å²) in [6, 6.07) is 13.5. The highest BCUT2D eigenvalue weighted by Gasteiger charge is 2.20. The van der Waals surface area contributed by atoms with Crippen LogP contribution in [-0.4, -0.2) is 16.6 Å². The number of nitrogens with zero attached hydrogens (tertiary/aromatic N) is 1. The third-order valence-corrected chi connectivity index (χ3v) is 5.56. The van der Waals surface area contributed by atoms with Gasteiger partial charge < -0.3 is 9.15 Å². The molecule has 2 aromatic heterocycles. The van der Waals surface area contributed by atoms with Gasteiger partial charge in [-0.05, 0) is 97.2 Å². The summed E-state index contributed by atoms with van der Waals surface area (Å²) in [5.74, 6) is -0.0958. The lowest BCUT2D eigenvalue weighted by molar-refractivity contribution is 0.00695. The number of halogens is 2. The Kier molecular flexibility index (Phi) is 5.43. The largest absolute Gasteiger partial charge is 0.456 e. The highest BCUT2D eigenvalue weighted by atomic mass is 79.9. The Balaban J connectivity index is 1.77. The van der Waals surface area contributed by atoms with E-state index in [0.717, 1.165) is 32.1 Å². The number of fused-ring (bicyclic) bond motifs is 1. The Bertz CT molecular complexity index is 1290. The molecule has 158 valence electrons. The van der Waals surface area contributed by atoms with Gasteiger partial charge in [0.25, 0.3) is 0 Å². The molecule has 6 heteroatoms. The molecule has 2 heterocycles. The van der Waals surface area contributed by atoms with Crippen LogP contribution >= 0.6 is 15.9 Å². The molecular weight excluding hydrogens is 461 g/mol. The van der Waals surface area contributed by atoms with Crippen LogP contribution in [0.3, 0.4) is 0 Å². The van der Waals surface area contributed by atoms with Crippen molar-refractivity contribution in [1.29, 1.82) is 0 Å². The molecule has 0 saturated heterocycles. The second-order valence-electron chi connectivity index (χ2n) is 8.36. The third kappa shape index (κ3) is 4.39. The molecule has 4 nitrogen and oxygen atoms in total. The Morgan fingerprint density at radius 3 is 2.45 bits per heavy atom. The number of carbonyl (C=O) groups is 1. The molecule has 0 bridgehead atoms. The van der Waals surface area contributed by atoms with E-state index in [2.05, 4.69) is 20.9 Å². The monoisotopic (exact) mass is 481 g/mol. The minimum absolute atomic E-state index is 0.309. The molecule has 0 aliphatic heterocycles. The van der Waals surface area contributed by atoms with E-state index < -0.39 is 5.60 Å². The molecule has 0 fully saturated rings. The Morgan fingerprint density at radius 2 is 1.77 bits per heavy atom. The molecule has 0 radical (unpaired) electrons. The summed E-state index contributed by atoms with van der Waals surface area (Å²) >= 11 is 3.60. The van der Waals surface area contributed by atoms with E-state index in [1.54, 1.807) is 24.4 Å². The number of rotatable bonds is 3. The first-order chi connectivity index (χ1) is 14.6. The number of pyridine rings is 1. The minimum atomic E-state index is -0.568. The maximum Gasteiger partial charge on any atom is 0.338 e. The van der Waals surface area contributed by atoms with E-state index in [0.29, 0.717) is 17.0 Å². The van der Waals surface area contributed by atoms with E-state index in [1.165, 1.54) is 12.1 Å². The SMILES string of the molecule is Cc1ccc(C(=O)OC(C)(C)C)cc1-c1cnc2oc(-c3ccc(F)cc3)c(Br)c2c1. The molecule has 0 aliphatic rings. The number of ether oxygens (including phenoxy) is 1. The van der Waals surface area contributed by atoms with Crippen molar-refractivity contribution in [3.8, 4) is 22.5 Å². The standard InChI is InChI=1S/C25H21BrFNO3/c1-14-5-6-16(24(29)31-25(2,3)4)11-19(14)17-12-20-21(26)22(30-23(20)28-13-17)15-7-9-18(27)10-8-15/h5-13H,1-4H3. The molecule has 0 atom stereocenters. The van der Waals surface area contributed by atoms with Gasteiger partial charge in [-0.15, -0.1) is 0 Å². The van der Waals surface area contributed by atoms with Gasteiger partial charge in [0.1, 0.15) is 11.4 Å². The first-order valence-corrected chi connectivity index (χ1v) is 10.6. The molecule has 4 rings (SSSR count). The van der Waals surface area contributed by atoms with E-state index in [9.17, 15) is 9.18 Å². The molecule has 4 aromatic rings. The number of benzene rings is 2. The van der Waals surface area contributed by atoms with Crippen molar-refractivity contribution in [2.75, 3.05) is 0 Å². The summed E-state index contributed by atoms with van der Waals surface area (Å²) in [7, 11) is 0. The highest BCUT2D eigenvalue weighted by molar-refractivity contribution is 9.10. The van der Waals surface area contributed by atoms with Crippen molar-refractivity contribution < 1.29 is 18.3 Å². The molecule has 0 saturated carbocycles. The average Bonchev–Trinajstić information content (AvgIpc) is 3.03. The second-order valence-corrected chi connectivity index (χ2v) is 9.15. The molecular formula is C25H21BrFNO3. The maximum atomic E-state index is 13.3. The number of aryl methyl sites for hydroxylation is 1. The predicted octanol–water partition coefficient (Wildman–Crippen LogP) is 7.33. The summed E-state index contributed by atoms with van der Waals surface area (Å²) in [5, 5.41) is 0.791. The van der Waals surface area contributed by atoms with Crippen LogP contribution in [0.4, 0.5) is 4.39 Å². The normalized spacial score (nSPS) is 11.7. The maximum absolute atomic E-state index is 13.3. The van der Waals surface area contributed by atoms with Crippen molar-refractivity contribution in [2.45, 2.75) is 33.3 Å². The smallest absolute Gasteiger partial charge is 0.338 e. The first kappa shape index (κ1) is 21.2. The number of hydrogen-bond donors (Lipinski definition) is 0. The van der Waals surface area contributed by atoms with Crippen LogP contribution in [0.25, 0.3) is 33.6 Å². The van der Waals surface area contributed by atoms with Crippen LogP contribution in [0.1, 0.15) is 36.7 Å². The van der Waals surface area contributed by atoms with Gasteiger partial charge in [-0.25, -0.2) is 14.2 Å². The average molecular weight is 482 g/mol. The van der Waals surface area contributed by atoms with Gasteiger partial charge in [-0.3, -0.25) is 0 Å². The van der Waals surface area contributed by atoms with Crippen molar-refractivity contribution >= 4 is 33.0 Å². The van der Waals surface area contributed by atoms with Gasteiger partial charge in [0.05, 0.1) is 15.4 Å². The van der Waals surface area contributed by atoms with Gasteiger partial charge in [-0.1, -0.05) is 6.07 Å². The Morgan fingerprint density at radius 1 is 1.06 bits per heavy atom. The van der Waals surface area contributed by atoms with Gasteiger partial charge >= 0.3 is 5.97 Å². The van der Waals surface area contributed by atoms with E-state index in [-0.39, 0.29) is 11.8 Å². The lowest BCUT2D eigenvalue weighted by Crippen LogP contribution is -2.23. The molecule has 0 amide bonds. The van der Waals surface area contributed by atoms with Crippen LogP contribution in [0.5, 0.6) is 0 Å². The molecule has 2 aromatic carbocycles. The van der Waals surface area contributed by atoms with Crippen LogP contribution in [0, 0.1) is 12.7 Å². The zero-order chi connectivity index (χ0) is 22.3. The van der Waals surface area contributed by atoms with E-state index in [1.807, 2.05) is 45.9 Å². The number of aromatic nitrogens is 1. The van der Waals surface area contributed by atoms with E-state index >= 15 is 0 Å². The zero-order valence-electron chi connectivity index (χ0n) is 17.6. The Hall–Kier alpha value is -2.99. The summed E-state index contributed by atoms with van der Waals surface area (Å²) < 4.78 is 25.4. The number of furan rings is 1. The summed E-state index contributed by atoms with van der Waals surface area (Å²) in [6.07, 6.45) is 1.72. The van der Waals surface area contributed by atoms with Crippen LogP contribution in [-0.2, 0) is 4.74 Å². The number of carbonyl (C=O) groups excluding carboxylic acids is 1. The fraction of sp³-hybridized carbons (Fsp3) is 0.200. The summed E-state index contributed by atoms with van der Waals surface area (Å²) in [6.45, 7) is 7.50. The first-order valence-electron chi connectivity index (χ1n) is 9.81.